The highest BCUT2D eigenvalue weighted by molar-refractivity contribution is 5.99. The molecule has 0 bridgehead atoms. The molecule has 1 atom stereocenters. The zero-order valence-corrected chi connectivity index (χ0v) is 18.5. The van der Waals surface area contributed by atoms with E-state index in [1.807, 2.05) is 52.0 Å². The molecule has 31 heavy (non-hydrogen) atoms. The zero-order chi connectivity index (χ0) is 22.4. The molecule has 0 radical (unpaired) electrons. The largest absolute Gasteiger partial charge is 0.490 e. The van der Waals surface area contributed by atoms with Gasteiger partial charge in [-0.15, -0.1) is 0 Å². The van der Waals surface area contributed by atoms with Crippen LogP contribution in [0.25, 0.3) is 0 Å². The SMILES string of the molecule is CCOc1cc(C(=O)OCC(=O)N2c3ccccc3C[C@@H]2C)cc(OCC)c1OCC. The normalized spacial score (nSPS) is 14.7. The van der Waals surface area contributed by atoms with E-state index in [-0.39, 0.29) is 24.1 Å². The van der Waals surface area contributed by atoms with Crippen LogP contribution in [-0.4, -0.2) is 44.3 Å². The van der Waals surface area contributed by atoms with Crippen molar-refractivity contribution >= 4 is 17.6 Å². The molecule has 7 nitrogen and oxygen atoms in total. The standard InChI is InChI=1S/C24H29NO6/c1-5-28-20-13-18(14-21(29-6-2)23(20)30-7-3)24(27)31-15-22(26)25-16(4)12-17-10-8-9-11-19(17)25/h8-11,13-14,16H,5-7,12,15H2,1-4H3/t16-/m0/s1. The van der Waals surface area contributed by atoms with Gasteiger partial charge in [0, 0.05) is 11.7 Å². The first kappa shape index (κ1) is 22.5. The number of fused-ring (bicyclic) bond motifs is 1. The number of hydrogen-bond donors (Lipinski definition) is 0. The Labute approximate surface area is 182 Å². The van der Waals surface area contributed by atoms with Crippen molar-refractivity contribution in [3.63, 3.8) is 0 Å². The molecule has 2 aromatic carbocycles. The summed E-state index contributed by atoms with van der Waals surface area (Å²) < 4.78 is 22.3. The number of hydrogen-bond acceptors (Lipinski definition) is 6. The number of para-hydroxylation sites is 1. The maximum Gasteiger partial charge on any atom is 0.338 e. The summed E-state index contributed by atoms with van der Waals surface area (Å²) in [5, 5.41) is 0. The van der Waals surface area contributed by atoms with E-state index in [2.05, 4.69) is 0 Å². The molecule has 0 saturated heterocycles. The number of rotatable bonds is 9. The topological polar surface area (TPSA) is 74.3 Å². The van der Waals surface area contributed by atoms with Gasteiger partial charge in [0.2, 0.25) is 5.75 Å². The molecule has 0 saturated carbocycles. The minimum atomic E-state index is -0.626. The molecule has 1 aliphatic rings. The molecule has 7 heteroatoms. The van der Waals surface area contributed by atoms with Gasteiger partial charge in [-0.1, -0.05) is 18.2 Å². The van der Waals surface area contributed by atoms with Gasteiger partial charge in [0.05, 0.1) is 25.4 Å². The summed E-state index contributed by atoms with van der Waals surface area (Å²) in [7, 11) is 0. The Morgan fingerprint density at radius 1 is 0.968 bits per heavy atom. The molecule has 1 aliphatic heterocycles. The second kappa shape index (κ2) is 10.2. The molecule has 1 heterocycles. The predicted octanol–water partition coefficient (Wildman–Crippen LogP) is 4.02. The van der Waals surface area contributed by atoms with Gasteiger partial charge < -0.3 is 23.8 Å². The number of esters is 1. The van der Waals surface area contributed by atoms with E-state index in [1.165, 1.54) is 0 Å². The fourth-order valence-corrected chi connectivity index (χ4v) is 3.73. The molecule has 166 valence electrons. The van der Waals surface area contributed by atoms with Crippen molar-refractivity contribution in [2.24, 2.45) is 0 Å². The van der Waals surface area contributed by atoms with Gasteiger partial charge in [-0.3, -0.25) is 4.79 Å². The number of anilines is 1. The lowest BCUT2D eigenvalue weighted by Gasteiger charge is -2.22. The third-order valence-corrected chi connectivity index (χ3v) is 4.95. The lowest BCUT2D eigenvalue weighted by molar-refractivity contribution is -0.122. The second-order valence-electron chi connectivity index (χ2n) is 7.12. The average molecular weight is 427 g/mol. The fourth-order valence-electron chi connectivity index (χ4n) is 3.73. The lowest BCUT2D eigenvalue weighted by Crippen LogP contribution is -2.38. The Hall–Kier alpha value is -3.22. The van der Waals surface area contributed by atoms with Crippen molar-refractivity contribution in [3.05, 3.63) is 47.5 Å². The number of carbonyl (C=O) groups is 2. The highest BCUT2D eigenvalue weighted by Crippen LogP contribution is 2.39. The van der Waals surface area contributed by atoms with Gasteiger partial charge in [0.25, 0.3) is 5.91 Å². The van der Waals surface area contributed by atoms with Gasteiger partial charge in [-0.05, 0) is 57.9 Å². The van der Waals surface area contributed by atoms with Crippen LogP contribution in [0.15, 0.2) is 36.4 Å². The van der Waals surface area contributed by atoms with Gasteiger partial charge >= 0.3 is 5.97 Å². The molecular formula is C24H29NO6. The second-order valence-corrected chi connectivity index (χ2v) is 7.12. The van der Waals surface area contributed by atoms with Crippen molar-refractivity contribution in [3.8, 4) is 17.2 Å². The summed E-state index contributed by atoms with van der Waals surface area (Å²) in [5.41, 5.74) is 2.22. The Morgan fingerprint density at radius 3 is 2.19 bits per heavy atom. The third kappa shape index (κ3) is 4.93. The van der Waals surface area contributed by atoms with Crippen molar-refractivity contribution < 1.29 is 28.5 Å². The van der Waals surface area contributed by atoms with Crippen LogP contribution < -0.4 is 19.1 Å². The van der Waals surface area contributed by atoms with Gasteiger partial charge in [0.15, 0.2) is 18.1 Å². The Balaban J connectivity index is 1.76. The van der Waals surface area contributed by atoms with Crippen molar-refractivity contribution in [1.82, 2.24) is 0 Å². The summed E-state index contributed by atoms with van der Waals surface area (Å²) in [4.78, 5) is 27.2. The Bertz CT molecular complexity index is 914. The van der Waals surface area contributed by atoms with E-state index in [1.54, 1.807) is 17.0 Å². The van der Waals surface area contributed by atoms with Crippen LogP contribution in [0.3, 0.4) is 0 Å². The van der Waals surface area contributed by atoms with Crippen LogP contribution in [0.2, 0.25) is 0 Å². The maximum absolute atomic E-state index is 12.8. The van der Waals surface area contributed by atoms with Crippen LogP contribution >= 0.6 is 0 Å². The lowest BCUT2D eigenvalue weighted by atomic mass is 10.1. The number of amides is 1. The summed E-state index contributed by atoms with van der Waals surface area (Å²) in [6, 6.07) is 10.9. The molecule has 0 aromatic heterocycles. The maximum atomic E-state index is 12.8. The van der Waals surface area contributed by atoms with E-state index in [0.717, 1.165) is 17.7 Å². The zero-order valence-electron chi connectivity index (χ0n) is 18.5. The molecule has 0 N–H and O–H groups in total. The van der Waals surface area contributed by atoms with Gasteiger partial charge in [-0.2, -0.15) is 0 Å². The van der Waals surface area contributed by atoms with E-state index in [4.69, 9.17) is 18.9 Å². The quantitative estimate of drug-likeness (QED) is 0.563. The Kier molecular flexibility index (Phi) is 7.39. The molecule has 0 fully saturated rings. The first-order chi connectivity index (χ1) is 15.0. The first-order valence-corrected chi connectivity index (χ1v) is 10.6. The van der Waals surface area contributed by atoms with Crippen LogP contribution in [0.5, 0.6) is 17.2 Å². The number of ether oxygens (including phenoxy) is 4. The van der Waals surface area contributed by atoms with Gasteiger partial charge in [0.1, 0.15) is 0 Å². The molecule has 0 spiro atoms. The minimum absolute atomic E-state index is 0.0168. The van der Waals surface area contributed by atoms with Crippen LogP contribution in [0, 0.1) is 0 Å². The molecule has 0 aliphatic carbocycles. The fraction of sp³-hybridized carbons (Fsp3) is 0.417. The summed E-state index contributed by atoms with van der Waals surface area (Å²) in [6.07, 6.45) is 0.782. The minimum Gasteiger partial charge on any atom is -0.490 e. The van der Waals surface area contributed by atoms with Crippen molar-refractivity contribution in [2.75, 3.05) is 31.3 Å². The van der Waals surface area contributed by atoms with E-state index in [9.17, 15) is 9.59 Å². The van der Waals surface area contributed by atoms with Crippen molar-refractivity contribution in [2.45, 2.75) is 40.2 Å². The molecule has 2 aromatic rings. The summed E-state index contributed by atoms with van der Waals surface area (Å²) >= 11 is 0. The van der Waals surface area contributed by atoms with E-state index in [0.29, 0.717) is 37.1 Å². The third-order valence-electron chi connectivity index (χ3n) is 4.95. The molecule has 0 unspecified atom stereocenters. The Morgan fingerprint density at radius 2 is 1.58 bits per heavy atom. The first-order valence-electron chi connectivity index (χ1n) is 10.6. The highest BCUT2D eigenvalue weighted by Gasteiger charge is 2.31. The number of nitrogens with zero attached hydrogens (tertiary/aromatic N) is 1. The van der Waals surface area contributed by atoms with Crippen molar-refractivity contribution in [1.29, 1.82) is 0 Å². The van der Waals surface area contributed by atoms with Crippen LogP contribution in [-0.2, 0) is 16.0 Å². The van der Waals surface area contributed by atoms with Crippen LogP contribution in [0.4, 0.5) is 5.69 Å². The highest BCUT2D eigenvalue weighted by atomic mass is 16.5. The van der Waals surface area contributed by atoms with Crippen LogP contribution in [0.1, 0.15) is 43.6 Å². The summed E-state index contributed by atoms with van der Waals surface area (Å²) in [5.74, 6) is 0.359. The molecular weight excluding hydrogens is 398 g/mol. The number of carbonyl (C=O) groups excluding carboxylic acids is 2. The molecule has 3 rings (SSSR count). The van der Waals surface area contributed by atoms with E-state index >= 15 is 0 Å². The van der Waals surface area contributed by atoms with E-state index < -0.39 is 5.97 Å². The monoisotopic (exact) mass is 427 g/mol. The summed E-state index contributed by atoms with van der Waals surface area (Å²) in [6.45, 7) is 8.39. The smallest absolute Gasteiger partial charge is 0.338 e. The number of benzene rings is 2. The predicted molar refractivity (Wildman–Crippen MR) is 117 cm³/mol. The molecule has 1 amide bonds. The average Bonchev–Trinajstić information content (AvgIpc) is 3.10. The van der Waals surface area contributed by atoms with Gasteiger partial charge in [-0.25, -0.2) is 4.79 Å².